The highest BCUT2D eigenvalue weighted by Gasteiger charge is 2.14. The standard InChI is InChI=1S/C20H26F2N4/c1-23-20(24-13-12-15-4-8-17(21)9-5-15)25-14-19(26(2)3)16-6-10-18(22)11-7-16/h4-11,19H,12-14H2,1-3H3,(H2,23,24,25). The van der Waals surface area contributed by atoms with Gasteiger partial charge in [-0.15, -0.1) is 0 Å². The first-order chi connectivity index (χ1) is 12.5. The zero-order valence-corrected chi connectivity index (χ0v) is 15.5. The van der Waals surface area contributed by atoms with E-state index in [1.807, 2.05) is 14.1 Å². The van der Waals surface area contributed by atoms with E-state index >= 15 is 0 Å². The highest BCUT2D eigenvalue weighted by atomic mass is 19.1. The summed E-state index contributed by atoms with van der Waals surface area (Å²) in [5.74, 6) is 0.230. The maximum absolute atomic E-state index is 13.1. The fourth-order valence-electron chi connectivity index (χ4n) is 2.67. The predicted molar refractivity (Wildman–Crippen MR) is 102 cm³/mol. The van der Waals surface area contributed by atoms with Crippen molar-refractivity contribution in [2.45, 2.75) is 12.5 Å². The summed E-state index contributed by atoms with van der Waals surface area (Å²) in [6.45, 7) is 1.32. The van der Waals surface area contributed by atoms with E-state index in [1.54, 1.807) is 31.3 Å². The summed E-state index contributed by atoms with van der Waals surface area (Å²) < 4.78 is 26.1. The maximum Gasteiger partial charge on any atom is 0.191 e. The average molecular weight is 360 g/mol. The van der Waals surface area contributed by atoms with Gasteiger partial charge in [0.2, 0.25) is 0 Å². The Bertz CT molecular complexity index is 697. The van der Waals surface area contributed by atoms with Gasteiger partial charge in [0.15, 0.2) is 5.96 Å². The Morgan fingerprint density at radius 1 is 0.962 bits per heavy atom. The molecule has 0 heterocycles. The first-order valence-electron chi connectivity index (χ1n) is 8.60. The average Bonchev–Trinajstić information content (AvgIpc) is 2.63. The number of hydrogen-bond donors (Lipinski definition) is 2. The molecule has 1 unspecified atom stereocenters. The van der Waals surface area contributed by atoms with Crippen LogP contribution >= 0.6 is 0 Å². The number of aliphatic imine (C=N–C) groups is 1. The van der Waals surface area contributed by atoms with Crippen molar-refractivity contribution in [2.75, 3.05) is 34.2 Å². The minimum Gasteiger partial charge on any atom is -0.356 e. The minimum absolute atomic E-state index is 0.0891. The Hall–Kier alpha value is -2.47. The van der Waals surface area contributed by atoms with Crippen LogP contribution in [0.25, 0.3) is 0 Å². The largest absolute Gasteiger partial charge is 0.356 e. The second kappa shape index (κ2) is 9.87. The van der Waals surface area contributed by atoms with Crippen LogP contribution in [0.15, 0.2) is 53.5 Å². The molecule has 0 aliphatic heterocycles. The number of nitrogens with one attached hydrogen (secondary N) is 2. The van der Waals surface area contributed by atoms with Gasteiger partial charge in [-0.3, -0.25) is 4.99 Å². The molecule has 6 heteroatoms. The number of hydrogen-bond acceptors (Lipinski definition) is 2. The van der Waals surface area contributed by atoms with Gasteiger partial charge < -0.3 is 15.5 Å². The van der Waals surface area contributed by atoms with E-state index in [9.17, 15) is 8.78 Å². The van der Waals surface area contributed by atoms with Crippen LogP contribution < -0.4 is 10.6 Å². The van der Waals surface area contributed by atoms with E-state index in [0.717, 1.165) is 17.5 Å². The molecule has 0 aliphatic carbocycles. The van der Waals surface area contributed by atoms with Gasteiger partial charge in [0.1, 0.15) is 11.6 Å². The molecule has 26 heavy (non-hydrogen) atoms. The van der Waals surface area contributed by atoms with Crippen molar-refractivity contribution in [1.29, 1.82) is 0 Å². The summed E-state index contributed by atoms with van der Waals surface area (Å²) in [5.41, 5.74) is 2.09. The molecule has 0 amide bonds. The van der Waals surface area contributed by atoms with Crippen LogP contribution in [-0.4, -0.2) is 45.1 Å². The molecule has 0 spiro atoms. The molecule has 0 saturated carbocycles. The highest BCUT2D eigenvalue weighted by molar-refractivity contribution is 5.79. The fourth-order valence-corrected chi connectivity index (χ4v) is 2.67. The lowest BCUT2D eigenvalue weighted by atomic mass is 10.1. The number of rotatable bonds is 7. The van der Waals surface area contributed by atoms with E-state index in [4.69, 9.17) is 0 Å². The lowest BCUT2D eigenvalue weighted by Crippen LogP contribution is -2.42. The van der Waals surface area contributed by atoms with Gasteiger partial charge in [0.05, 0.1) is 6.04 Å². The van der Waals surface area contributed by atoms with Crippen molar-refractivity contribution in [3.63, 3.8) is 0 Å². The van der Waals surface area contributed by atoms with Crippen molar-refractivity contribution in [3.8, 4) is 0 Å². The Morgan fingerprint density at radius 3 is 2.08 bits per heavy atom. The first-order valence-corrected chi connectivity index (χ1v) is 8.60. The lowest BCUT2D eigenvalue weighted by Gasteiger charge is -2.26. The van der Waals surface area contributed by atoms with Crippen molar-refractivity contribution >= 4 is 5.96 Å². The number of nitrogens with zero attached hydrogens (tertiary/aromatic N) is 2. The molecule has 0 aromatic heterocycles. The quantitative estimate of drug-likeness (QED) is 0.589. The Morgan fingerprint density at radius 2 is 1.54 bits per heavy atom. The second-order valence-electron chi connectivity index (χ2n) is 6.29. The molecule has 2 rings (SSSR count). The zero-order chi connectivity index (χ0) is 18.9. The van der Waals surface area contributed by atoms with E-state index in [-0.39, 0.29) is 17.7 Å². The summed E-state index contributed by atoms with van der Waals surface area (Å²) in [6.07, 6.45) is 0.774. The van der Waals surface area contributed by atoms with Gasteiger partial charge >= 0.3 is 0 Å². The summed E-state index contributed by atoms with van der Waals surface area (Å²) >= 11 is 0. The molecule has 0 aliphatic rings. The molecule has 4 nitrogen and oxygen atoms in total. The molecule has 0 radical (unpaired) electrons. The summed E-state index contributed by atoms with van der Waals surface area (Å²) in [7, 11) is 5.69. The molecule has 0 fully saturated rings. The fraction of sp³-hybridized carbons (Fsp3) is 0.350. The van der Waals surface area contributed by atoms with Gasteiger partial charge in [-0.1, -0.05) is 24.3 Å². The normalized spacial score (nSPS) is 12.9. The molecule has 140 valence electrons. The Labute approximate surface area is 153 Å². The van der Waals surface area contributed by atoms with Gasteiger partial charge in [-0.05, 0) is 55.9 Å². The van der Waals surface area contributed by atoms with Gasteiger partial charge in [0, 0.05) is 20.1 Å². The number of likely N-dealkylation sites (N-methyl/N-ethyl adjacent to an activating group) is 1. The monoisotopic (exact) mass is 360 g/mol. The Kier molecular flexibility index (Phi) is 7.53. The van der Waals surface area contributed by atoms with E-state index in [2.05, 4.69) is 20.5 Å². The van der Waals surface area contributed by atoms with Crippen molar-refractivity contribution in [3.05, 3.63) is 71.3 Å². The van der Waals surface area contributed by atoms with Gasteiger partial charge in [0.25, 0.3) is 0 Å². The van der Waals surface area contributed by atoms with Crippen LogP contribution in [0.2, 0.25) is 0 Å². The van der Waals surface area contributed by atoms with Gasteiger partial charge in [-0.2, -0.15) is 0 Å². The SMILES string of the molecule is CN=C(NCCc1ccc(F)cc1)NCC(c1ccc(F)cc1)N(C)C. The van der Waals surface area contributed by atoms with E-state index in [0.29, 0.717) is 19.0 Å². The number of guanidine groups is 1. The topological polar surface area (TPSA) is 39.7 Å². The zero-order valence-electron chi connectivity index (χ0n) is 15.5. The Balaban J connectivity index is 1.85. The summed E-state index contributed by atoms with van der Waals surface area (Å²) in [4.78, 5) is 6.30. The maximum atomic E-state index is 13.1. The van der Waals surface area contributed by atoms with Crippen LogP contribution in [0.4, 0.5) is 8.78 Å². The van der Waals surface area contributed by atoms with Crippen LogP contribution in [0, 0.1) is 11.6 Å². The highest BCUT2D eigenvalue weighted by Crippen LogP contribution is 2.17. The second-order valence-corrected chi connectivity index (χ2v) is 6.29. The van der Waals surface area contributed by atoms with Crippen LogP contribution in [0.1, 0.15) is 17.2 Å². The number of halogens is 2. The molecule has 2 N–H and O–H groups in total. The molecule has 1 atom stereocenters. The van der Waals surface area contributed by atoms with Crippen molar-refractivity contribution in [2.24, 2.45) is 4.99 Å². The third kappa shape index (κ3) is 6.11. The molecular weight excluding hydrogens is 334 g/mol. The third-order valence-corrected chi connectivity index (χ3v) is 4.18. The lowest BCUT2D eigenvalue weighted by molar-refractivity contribution is 0.298. The predicted octanol–water partition coefficient (Wildman–Crippen LogP) is 2.98. The first kappa shape index (κ1) is 19.8. The van der Waals surface area contributed by atoms with Crippen molar-refractivity contribution in [1.82, 2.24) is 15.5 Å². The van der Waals surface area contributed by atoms with E-state index in [1.165, 1.54) is 24.3 Å². The molecule has 0 saturated heterocycles. The third-order valence-electron chi connectivity index (χ3n) is 4.18. The smallest absolute Gasteiger partial charge is 0.191 e. The summed E-state index contributed by atoms with van der Waals surface area (Å²) in [5, 5.41) is 6.56. The minimum atomic E-state index is -0.238. The summed E-state index contributed by atoms with van der Waals surface area (Å²) in [6, 6.07) is 13.1. The van der Waals surface area contributed by atoms with E-state index < -0.39 is 0 Å². The van der Waals surface area contributed by atoms with Crippen LogP contribution in [0.3, 0.4) is 0 Å². The molecule has 2 aromatic carbocycles. The molecule has 0 bridgehead atoms. The number of benzene rings is 2. The molecule has 2 aromatic rings. The van der Waals surface area contributed by atoms with Crippen molar-refractivity contribution < 1.29 is 8.78 Å². The van der Waals surface area contributed by atoms with Crippen LogP contribution in [0.5, 0.6) is 0 Å². The molecular formula is C20H26F2N4. The van der Waals surface area contributed by atoms with Gasteiger partial charge in [-0.25, -0.2) is 8.78 Å². The van der Waals surface area contributed by atoms with Crippen LogP contribution in [-0.2, 0) is 6.42 Å².